The minimum absolute atomic E-state index is 0.482. The third kappa shape index (κ3) is 4.85. The molecule has 3 heterocycles. The van der Waals surface area contributed by atoms with Crippen LogP contribution in [0.1, 0.15) is 22.3 Å². The Balaban J connectivity index is 0.984. The summed E-state index contributed by atoms with van der Waals surface area (Å²) in [4.78, 5) is 0. The summed E-state index contributed by atoms with van der Waals surface area (Å²) in [5, 5.41) is 7.61. The first-order valence-corrected chi connectivity index (χ1v) is 22.9. The van der Waals surface area contributed by atoms with Crippen LogP contribution in [-0.2, 0) is 5.41 Å². The fraction of sp³-hybridized carbons (Fsp3) is 0.0164. The van der Waals surface area contributed by atoms with Crippen LogP contribution in [0.15, 0.2) is 231 Å². The van der Waals surface area contributed by atoms with Gasteiger partial charge in [0.2, 0.25) is 0 Å². The molecule has 0 saturated carbocycles. The van der Waals surface area contributed by atoms with Crippen LogP contribution in [0.5, 0.6) is 0 Å². The zero-order valence-corrected chi connectivity index (χ0v) is 35.6. The first kappa shape index (κ1) is 35.6. The highest BCUT2D eigenvalue weighted by Crippen LogP contribution is 2.56. The number of thiophene rings is 1. The van der Waals surface area contributed by atoms with Gasteiger partial charge in [0.25, 0.3) is 0 Å². The highest BCUT2D eigenvalue weighted by molar-refractivity contribution is 7.26. The average Bonchev–Trinajstić information content (AvgIpc) is 4.09. The lowest BCUT2D eigenvalue weighted by Crippen LogP contribution is -2.28. The third-order valence-electron chi connectivity index (χ3n) is 14.0. The van der Waals surface area contributed by atoms with Crippen molar-refractivity contribution in [2.45, 2.75) is 5.41 Å². The molecule has 10 aromatic carbocycles. The van der Waals surface area contributed by atoms with Crippen LogP contribution in [0.2, 0.25) is 0 Å². The second-order valence-electron chi connectivity index (χ2n) is 17.2. The molecule has 298 valence electrons. The van der Waals surface area contributed by atoms with Crippen molar-refractivity contribution >= 4 is 75.1 Å². The Bertz CT molecular complexity index is 3960. The van der Waals surface area contributed by atoms with Crippen molar-refractivity contribution in [1.82, 2.24) is 9.13 Å². The third-order valence-corrected chi connectivity index (χ3v) is 15.2. The Kier molecular flexibility index (Phi) is 7.51. The van der Waals surface area contributed by atoms with E-state index in [1.54, 1.807) is 0 Å². The first-order chi connectivity index (χ1) is 31.8. The van der Waals surface area contributed by atoms with Crippen molar-refractivity contribution in [3.05, 3.63) is 253 Å². The van der Waals surface area contributed by atoms with Crippen molar-refractivity contribution in [1.29, 1.82) is 0 Å². The minimum Gasteiger partial charge on any atom is -0.309 e. The van der Waals surface area contributed by atoms with Crippen molar-refractivity contribution in [3.63, 3.8) is 0 Å². The standard InChI is InChI=1S/C61H38N2S/c1-3-16-40(17-4-1)61(41-18-5-2-6-19-41)53-26-11-7-20-45(53)46-35-34-43(36-54(46)61)63-56-28-13-9-22-48(56)52-37-57-51(38-58(52)63)47-21-8-12-27-55(47)62(57)42-32-30-39(31-33-42)44-24-15-25-50-49-23-10-14-29-59(49)64-60(44)50/h1-38H. The quantitative estimate of drug-likeness (QED) is 0.164. The number of rotatable bonds is 5. The van der Waals surface area contributed by atoms with Gasteiger partial charge in [-0.2, -0.15) is 0 Å². The van der Waals surface area contributed by atoms with Crippen molar-refractivity contribution < 1.29 is 0 Å². The predicted octanol–water partition coefficient (Wildman–Crippen LogP) is 16.3. The van der Waals surface area contributed by atoms with Crippen LogP contribution in [0, 0.1) is 0 Å². The summed E-state index contributed by atoms with van der Waals surface area (Å²) in [6.07, 6.45) is 0. The lowest BCUT2D eigenvalue weighted by atomic mass is 9.67. The molecule has 0 saturated heterocycles. The number of aromatic nitrogens is 2. The van der Waals surface area contributed by atoms with Crippen molar-refractivity contribution in [2.75, 3.05) is 0 Å². The fourth-order valence-corrected chi connectivity index (χ4v) is 12.6. The van der Waals surface area contributed by atoms with Crippen LogP contribution >= 0.6 is 11.3 Å². The summed E-state index contributed by atoms with van der Waals surface area (Å²) in [6, 6.07) is 85.8. The van der Waals surface area contributed by atoms with Crippen LogP contribution in [-0.4, -0.2) is 9.13 Å². The molecule has 0 unspecified atom stereocenters. The van der Waals surface area contributed by atoms with E-state index in [0.717, 1.165) is 11.4 Å². The number of fused-ring (bicyclic) bond motifs is 12. The largest absolute Gasteiger partial charge is 0.309 e. The monoisotopic (exact) mass is 830 g/mol. The van der Waals surface area contributed by atoms with E-state index in [1.165, 1.54) is 108 Å². The maximum atomic E-state index is 2.50. The molecule has 0 fully saturated rings. The Labute approximate surface area is 374 Å². The maximum absolute atomic E-state index is 2.50. The van der Waals surface area contributed by atoms with E-state index in [0.29, 0.717) is 0 Å². The molecule has 3 heteroatoms. The van der Waals surface area contributed by atoms with Gasteiger partial charge in [-0.1, -0.05) is 176 Å². The van der Waals surface area contributed by atoms with E-state index in [9.17, 15) is 0 Å². The van der Waals surface area contributed by atoms with E-state index < -0.39 is 5.41 Å². The molecular weight excluding hydrogens is 793 g/mol. The molecule has 2 nitrogen and oxygen atoms in total. The molecule has 1 aliphatic rings. The number of hydrogen-bond donors (Lipinski definition) is 0. The lowest BCUT2D eigenvalue weighted by Gasteiger charge is -2.34. The van der Waals surface area contributed by atoms with Gasteiger partial charge in [-0.05, 0) is 99.1 Å². The zero-order chi connectivity index (χ0) is 41.9. The van der Waals surface area contributed by atoms with Gasteiger partial charge >= 0.3 is 0 Å². The number of hydrogen-bond acceptors (Lipinski definition) is 1. The number of nitrogens with zero attached hydrogens (tertiary/aromatic N) is 2. The maximum Gasteiger partial charge on any atom is 0.0714 e. The molecule has 0 spiro atoms. The molecule has 0 aliphatic heterocycles. The van der Waals surface area contributed by atoms with Crippen LogP contribution in [0.25, 0.3) is 97.4 Å². The second kappa shape index (κ2) is 13.5. The fourth-order valence-electron chi connectivity index (χ4n) is 11.3. The molecule has 0 radical (unpaired) electrons. The summed E-state index contributed by atoms with van der Waals surface area (Å²) in [7, 11) is 0. The Morgan fingerprint density at radius 2 is 0.828 bits per heavy atom. The summed E-state index contributed by atoms with van der Waals surface area (Å²) >= 11 is 1.88. The van der Waals surface area contributed by atoms with Gasteiger partial charge in [-0.25, -0.2) is 0 Å². The van der Waals surface area contributed by atoms with Gasteiger partial charge in [0.1, 0.15) is 0 Å². The second-order valence-corrected chi connectivity index (χ2v) is 18.2. The summed E-state index contributed by atoms with van der Waals surface area (Å²) in [5.41, 5.74) is 16.9. The SMILES string of the molecule is c1ccc(C2(c3ccccc3)c3ccccc3-c3ccc(-n4c5ccccc5c5cc6c(cc54)c4ccccc4n6-c4ccc(-c5cccc6c5sc5ccccc56)cc4)cc32)cc1. The van der Waals surface area contributed by atoms with E-state index in [-0.39, 0.29) is 0 Å². The summed E-state index contributed by atoms with van der Waals surface area (Å²) in [5.74, 6) is 0. The molecule has 0 bridgehead atoms. The van der Waals surface area contributed by atoms with Gasteiger partial charge in [0.15, 0.2) is 0 Å². The first-order valence-electron chi connectivity index (χ1n) is 22.1. The van der Waals surface area contributed by atoms with Gasteiger partial charge in [-0.3, -0.25) is 0 Å². The van der Waals surface area contributed by atoms with Gasteiger partial charge < -0.3 is 9.13 Å². The predicted molar refractivity (Wildman–Crippen MR) is 271 cm³/mol. The van der Waals surface area contributed by atoms with Crippen molar-refractivity contribution in [2.24, 2.45) is 0 Å². The number of para-hydroxylation sites is 2. The Morgan fingerprint density at radius 3 is 1.52 bits per heavy atom. The Morgan fingerprint density at radius 1 is 0.312 bits per heavy atom. The summed E-state index contributed by atoms with van der Waals surface area (Å²) < 4.78 is 7.63. The van der Waals surface area contributed by atoms with Gasteiger partial charge in [-0.15, -0.1) is 11.3 Å². The highest BCUT2D eigenvalue weighted by Gasteiger charge is 2.46. The molecule has 13 aromatic rings. The lowest BCUT2D eigenvalue weighted by molar-refractivity contribution is 0.767. The molecule has 64 heavy (non-hydrogen) atoms. The molecule has 0 atom stereocenters. The zero-order valence-electron chi connectivity index (χ0n) is 34.7. The topological polar surface area (TPSA) is 9.86 Å². The Hall–Kier alpha value is -7.98. The molecular formula is C61H38N2S. The van der Waals surface area contributed by atoms with Gasteiger partial charge in [0.05, 0.1) is 27.5 Å². The normalized spacial score (nSPS) is 13.1. The average molecular weight is 831 g/mol. The van der Waals surface area contributed by atoms with E-state index in [2.05, 4.69) is 240 Å². The van der Waals surface area contributed by atoms with Crippen LogP contribution in [0.3, 0.4) is 0 Å². The van der Waals surface area contributed by atoms with E-state index in [4.69, 9.17) is 0 Å². The van der Waals surface area contributed by atoms with E-state index in [1.807, 2.05) is 11.3 Å². The molecule has 0 N–H and O–H groups in total. The highest BCUT2D eigenvalue weighted by atomic mass is 32.1. The minimum atomic E-state index is -0.482. The summed E-state index contributed by atoms with van der Waals surface area (Å²) in [6.45, 7) is 0. The molecule has 14 rings (SSSR count). The van der Waals surface area contributed by atoms with E-state index >= 15 is 0 Å². The molecule has 3 aromatic heterocycles. The smallest absolute Gasteiger partial charge is 0.0714 e. The van der Waals surface area contributed by atoms with Crippen LogP contribution < -0.4 is 0 Å². The van der Waals surface area contributed by atoms with Gasteiger partial charge in [0, 0.05) is 53.1 Å². The van der Waals surface area contributed by atoms with Crippen LogP contribution in [0.4, 0.5) is 0 Å². The molecule has 1 aliphatic carbocycles. The molecule has 0 amide bonds. The van der Waals surface area contributed by atoms with Crippen molar-refractivity contribution in [3.8, 4) is 33.6 Å². The number of benzene rings is 10.